The monoisotopic (exact) mass is 369 g/mol. The van der Waals surface area contributed by atoms with Crippen LogP contribution in [0.1, 0.15) is 32.5 Å². The fraction of sp³-hybridized carbons (Fsp3) is 0.368. The second-order valence-electron chi connectivity index (χ2n) is 6.36. The topological polar surface area (TPSA) is 90.5 Å². The Morgan fingerprint density at radius 2 is 1.96 bits per heavy atom. The van der Waals surface area contributed by atoms with Gasteiger partial charge in [0.2, 0.25) is 11.6 Å². The van der Waals surface area contributed by atoms with E-state index in [9.17, 15) is 9.59 Å². The first-order valence-electron chi connectivity index (χ1n) is 8.92. The van der Waals surface area contributed by atoms with Gasteiger partial charge in [-0.15, -0.1) is 10.2 Å². The van der Waals surface area contributed by atoms with E-state index in [-0.39, 0.29) is 23.2 Å². The van der Waals surface area contributed by atoms with E-state index in [2.05, 4.69) is 15.5 Å². The van der Waals surface area contributed by atoms with Crippen LogP contribution in [0.4, 0.5) is 0 Å². The zero-order valence-electron chi connectivity index (χ0n) is 15.7. The zero-order chi connectivity index (χ0) is 19.4. The van der Waals surface area contributed by atoms with Gasteiger partial charge in [0, 0.05) is 37.0 Å². The van der Waals surface area contributed by atoms with Gasteiger partial charge in [-0.2, -0.15) is 0 Å². The zero-order valence-corrected chi connectivity index (χ0v) is 15.7. The Bertz CT molecular complexity index is 991. The van der Waals surface area contributed by atoms with Crippen LogP contribution >= 0.6 is 0 Å². The molecule has 8 nitrogen and oxygen atoms in total. The van der Waals surface area contributed by atoms with Crippen molar-refractivity contribution in [3.05, 3.63) is 52.8 Å². The molecule has 8 heteroatoms. The van der Waals surface area contributed by atoms with Gasteiger partial charge in [0.1, 0.15) is 11.6 Å². The van der Waals surface area contributed by atoms with Gasteiger partial charge < -0.3 is 10.1 Å². The number of amides is 1. The number of aromatic nitrogens is 4. The lowest BCUT2D eigenvalue weighted by atomic mass is 10.2. The Morgan fingerprint density at radius 3 is 2.63 bits per heavy atom. The fourth-order valence-electron chi connectivity index (χ4n) is 2.73. The number of aryl methyl sites for hydroxylation is 1. The van der Waals surface area contributed by atoms with Crippen molar-refractivity contribution in [2.45, 2.75) is 39.2 Å². The molecule has 0 aliphatic rings. The predicted octanol–water partition coefficient (Wildman–Crippen LogP) is 1.74. The second-order valence-corrected chi connectivity index (χ2v) is 6.36. The highest BCUT2D eigenvalue weighted by Gasteiger charge is 2.13. The number of hydrogen-bond donors (Lipinski definition) is 1. The summed E-state index contributed by atoms with van der Waals surface area (Å²) in [6.07, 6.45) is 5.00. The Labute approximate surface area is 156 Å². The van der Waals surface area contributed by atoms with Crippen LogP contribution in [0.2, 0.25) is 0 Å². The van der Waals surface area contributed by atoms with Crippen molar-refractivity contribution in [3.8, 4) is 11.4 Å². The van der Waals surface area contributed by atoms with Crippen LogP contribution in [0.3, 0.4) is 0 Å². The van der Waals surface area contributed by atoms with Crippen molar-refractivity contribution < 1.29 is 9.53 Å². The summed E-state index contributed by atoms with van der Waals surface area (Å²) in [5, 5.41) is 11.0. The van der Waals surface area contributed by atoms with E-state index in [1.165, 1.54) is 4.57 Å². The number of hydrogen-bond acceptors (Lipinski definition) is 5. The number of fused-ring (bicyclic) bond motifs is 1. The molecular formula is C19H23N5O3. The summed E-state index contributed by atoms with van der Waals surface area (Å²) in [4.78, 5) is 24.7. The minimum Gasteiger partial charge on any atom is -0.497 e. The fourth-order valence-corrected chi connectivity index (χ4v) is 2.73. The largest absolute Gasteiger partial charge is 0.497 e. The van der Waals surface area contributed by atoms with Gasteiger partial charge in [-0.3, -0.25) is 18.6 Å². The Balaban J connectivity index is 1.82. The van der Waals surface area contributed by atoms with Crippen molar-refractivity contribution in [1.29, 1.82) is 0 Å². The first-order chi connectivity index (χ1) is 13.0. The molecule has 0 bridgehead atoms. The van der Waals surface area contributed by atoms with E-state index in [1.54, 1.807) is 48.2 Å². The highest BCUT2D eigenvalue weighted by molar-refractivity contribution is 5.76. The van der Waals surface area contributed by atoms with E-state index in [4.69, 9.17) is 4.74 Å². The first kappa shape index (κ1) is 18.6. The molecule has 1 N–H and O–H groups in total. The molecule has 0 aliphatic heterocycles. The molecule has 3 rings (SSSR count). The second kappa shape index (κ2) is 8.03. The van der Waals surface area contributed by atoms with Crippen LogP contribution in [0.5, 0.6) is 5.75 Å². The number of rotatable bonds is 7. The third kappa shape index (κ3) is 3.99. The lowest BCUT2D eigenvalue weighted by molar-refractivity contribution is -0.121. The van der Waals surface area contributed by atoms with Crippen LogP contribution in [-0.4, -0.2) is 38.2 Å². The minimum absolute atomic E-state index is 0.0346. The maximum absolute atomic E-state index is 12.7. The summed E-state index contributed by atoms with van der Waals surface area (Å²) < 4.78 is 8.28. The average Bonchev–Trinajstić information content (AvgIpc) is 3.10. The van der Waals surface area contributed by atoms with E-state index in [0.29, 0.717) is 30.1 Å². The Hall–Kier alpha value is -3.16. The average molecular weight is 369 g/mol. The van der Waals surface area contributed by atoms with Crippen molar-refractivity contribution in [1.82, 2.24) is 24.5 Å². The third-order valence-corrected chi connectivity index (χ3v) is 4.49. The van der Waals surface area contributed by atoms with Gasteiger partial charge >= 0.3 is 5.56 Å². The molecule has 1 aromatic carbocycles. The van der Waals surface area contributed by atoms with Crippen molar-refractivity contribution in [3.63, 3.8) is 0 Å². The maximum atomic E-state index is 12.7. The quantitative estimate of drug-likeness (QED) is 0.685. The molecule has 0 fully saturated rings. The number of ether oxygens (including phenoxy) is 1. The highest BCUT2D eigenvalue weighted by Crippen LogP contribution is 2.14. The molecule has 3 aromatic rings. The predicted molar refractivity (Wildman–Crippen MR) is 101 cm³/mol. The smallest absolute Gasteiger partial charge is 0.300 e. The minimum atomic E-state index is -0.273. The number of nitrogens with one attached hydrogen (secondary N) is 1. The molecule has 0 saturated heterocycles. The molecule has 27 heavy (non-hydrogen) atoms. The van der Waals surface area contributed by atoms with E-state index < -0.39 is 0 Å². The van der Waals surface area contributed by atoms with Crippen LogP contribution in [-0.2, 0) is 11.2 Å². The van der Waals surface area contributed by atoms with Gasteiger partial charge in [-0.05, 0) is 37.6 Å². The van der Waals surface area contributed by atoms with Crippen LogP contribution in [0, 0.1) is 0 Å². The number of carbonyl (C=O) groups is 1. The van der Waals surface area contributed by atoms with E-state index >= 15 is 0 Å². The molecular weight excluding hydrogens is 346 g/mol. The van der Waals surface area contributed by atoms with Crippen LogP contribution in [0.25, 0.3) is 11.3 Å². The highest BCUT2D eigenvalue weighted by atomic mass is 16.5. The number of methoxy groups -OCH3 is 1. The number of nitrogens with zero attached hydrogens (tertiary/aromatic N) is 4. The summed E-state index contributed by atoms with van der Waals surface area (Å²) in [6, 6.07) is 7.32. The maximum Gasteiger partial charge on any atom is 0.300 e. The van der Waals surface area contributed by atoms with Crippen molar-refractivity contribution in [2.24, 2.45) is 0 Å². The Kier molecular flexibility index (Phi) is 5.54. The molecule has 0 saturated carbocycles. The van der Waals surface area contributed by atoms with E-state index in [1.807, 2.05) is 13.8 Å². The molecule has 2 heterocycles. The van der Waals surface area contributed by atoms with Gasteiger partial charge in [0.25, 0.3) is 0 Å². The third-order valence-electron chi connectivity index (χ3n) is 4.49. The summed E-state index contributed by atoms with van der Waals surface area (Å²) >= 11 is 0. The van der Waals surface area contributed by atoms with Crippen LogP contribution < -0.4 is 15.6 Å². The molecule has 1 atom stereocenters. The lowest BCUT2D eigenvalue weighted by Gasteiger charge is -2.10. The lowest BCUT2D eigenvalue weighted by Crippen LogP contribution is -2.32. The molecule has 0 aliphatic carbocycles. The van der Waals surface area contributed by atoms with E-state index in [0.717, 1.165) is 6.42 Å². The SMILES string of the molecule is CCC(C)NC(=O)CCc1nnc2c(=O)n(-c3ccc(OC)cc3)ccn12. The van der Waals surface area contributed by atoms with Gasteiger partial charge in [-0.1, -0.05) is 6.92 Å². The Morgan fingerprint density at radius 1 is 1.22 bits per heavy atom. The molecule has 142 valence electrons. The summed E-state index contributed by atoms with van der Waals surface area (Å²) in [6.45, 7) is 3.98. The number of benzene rings is 1. The van der Waals surface area contributed by atoms with Gasteiger partial charge in [-0.25, -0.2) is 0 Å². The molecule has 0 spiro atoms. The first-order valence-corrected chi connectivity index (χ1v) is 8.92. The standard InChI is InChI=1S/C19H23N5O3/c1-4-13(2)20-17(25)10-9-16-21-22-18-19(26)23(11-12-24(16)18)14-5-7-15(27-3)8-6-14/h5-8,11-13H,4,9-10H2,1-3H3,(H,20,25). The summed E-state index contributed by atoms with van der Waals surface area (Å²) in [7, 11) is 1.59. The summed E-state index contributed by atoms with van der Waals surface area (Å²) in [5.41, 5.74) is 0.664. The molecule has 0 radical (unpaired) electrons. The van der Waals surface area contributed by atoms with Gasteiger partial charge in [0.05, 0.1) is 7.11 Å². The molecule has 2 aromatic heterocycles. The molecule has 1 unspecified atom stereocenters. The van der Waals surface area contributed by atoms with Crippen molar-refractivity contribution in [2.75, 3.05) is 7.11 Å². The van der Waals surface area contributed by atoms with Crippen LogP contribution in [0.15, 0.2) is 41.5 Å². The normalized spacial score (nSPS) is 12.1. The molecule has 1 amide bonds. The van der Waals surface area contributed by atoms with Crippen molar-refractivity contribution >= 4 is 11.6 Å². The van der Waals surface area contributed by atoms with Gasteiger partial charge in [0.15, 0.2) is 0 Å². The summed E-state index contributed by atoms with van der Waals surface area (Å²) in [5.74, 6) is 1.27. The number of carbonyl (C=O) groups excluding carboxylic acids is 1.